The van der Waals surface area contributed by atoms with Gasteiger partial charge in [0.2, 0.25) is 21.8 Å². The van der Waals surface area contributed by atoms with Gasteiger partial charge in [-0.2, -0.15) is 0 Å². The fourth-order valence-electron chi connectivity index (χ4n) is 3.63. The van der Waals surface area contributed by atoms with Crippen LogP contribution in [0.5, 0.6) is 0 Å². The number of rotatable bonds is 10. The summed E-state index contributed by atoms with van der Waals surface area (Å²) in [5.41, 5.74) is 1.92. The molecule has 2 aromatic carbocycles. The summed E-state index contributed by atoms with van der Waals surface area (Å²) >= 11 is 0. The molecule has 0 fully saturated rings. The van der Waals surface area contributed by atoms with E-state index in [0.717, 1.165) is 27.8 Å². The minimum absolute atomic E-state index is 0.0360. The topological polar surface area (TPSA) is 130 Å². The second-order valence-electron chi connectivity index (χ2n) is 7.98. The van der Waals surface area contributed by atoms with E-state index in [1.807, 2.05) is 31.2 Å². The third-order valence-corrected chi connectivity index (χ3v) is 6.71. The Labute approximate surface area is 199 Å². The van der Waals surface area contributed by atoms with Crippen molar-refractivity contribution in [1.82, 2.24) is 10.2 Å². The van der Waals surface area contributed by atoms with Crippen LogP contribution in [-0.2, 0) is 26.2 Å². The van der Waals surface area contributed by atoms with Gasteiger partial charge in [-0.25, -0.2) is 8.42 Å². The Morgan fingerprint density at radius 2 is 1.76 bits per heavy atom. The van der Waals surface area contributed by atoms with Gasteiger partial charge >= 0.3 is 0 Å². The minimum Gasteiger partial charge on any atom is -0.357 e. The monoisotopic (exact) mass is 490 g/mol. The van der Waals surface area contributed by atoms with Gasteiger partial charge in [0, 0.05) is 25.7 Å². The number of nitro groups is 1. The van der Waals surface area contributed by atoms with E-state index in [4.69, 9.17) is 0 Å². The van der Waals surface area contributed by atoms with Gasteiger partial charge in [-0.15, -0.1) is 0 Å². The molecule has 1 atom stereocenters. The van der Waals surface area contributed by atoms with Crippen LogP contribution in [0.25, 0.3) is 0 Å². The van der Waals surface area contributed by atoms with Crippen molar-refractivity contribution >= 4 is 33.2 Å². The van der Waals surface area contributed by atoms with Crippen LogP contribution in [0.3, 0.4) is 0 Å². The maximum absolute atomic E-state index is 13.5. The van der Waals surface area contributed by atoms with E-state index in [0.29, 0.717) is 12.0 Å². The molecule has 0 saturated heterocycles. The number of aryl methyl sites for hydroxylation is 2. The standard InChI is InChI=1S/C23H30N4O6S/c1-6-20(23(29)24-4)25(14-18-10-8-7-9-16(18)2)22(28)15-26(34(5,32)33)21-13-19(27(30)31)12-11-17(21)3/h7-13,20H,6,14-15H2,1-5H3,(H,24,29). The average Bonchev–Trinajstić information content (AvgIpc) is 2.77. The number of benzene rings is 2. The predicted octanol–water partition coefficient (Wildman–Crippen LogP) is 2.53. The lowest BCUT2D eigenvalue weighted by Crippen LogP contribution is -2.51. The average molecular weight is 491 g/mol. The Morgan fingerprint density at radius 1 is 1.12 bits per heavy atom. The number of nitro benzene ring substituents is 1. The lowest BCUT2D eigenvalue weighted by molar-refractivity contribution is -0.384. The first-order valence-corrected chi connectivity index (χ1v) is 12.5. The number of non-ortho nitro benzene ring substituents is 1. The van der Waals surface area contributed by atoms with Gasteiger partial charge in [0.1, 0.15) is 12.6 Å². The lowest BCUT2D eigenvalue weighted by atomic mass is 10.1. The third-order valence-electron chi connectivity index (χ3n) is 5.59. The van der Waals surface area contributed by atoms with Gasteiger partial charge in [-0.05, 0) is 37.0 Å². The quantitative estimate of drug-likeness (QED) is 0.402. The van der Waals surface area contributed by atoms with Gasteiger partial charge in [-0.3, -0.25) is 24.0 Å². The summed E-state index contributed by atoms with van der Waals surface area (Å²) in [4.78, 5) is 38.1. The van der Waals surface area contributed by atoms with Crippen LogP contribution in [0.15, 0.2) is 42.5 Å². The lowest BCUT2D eigenvalue weighted by Gasteiger charge is -2.33. The molecule has 0 heterocycles. The summed E-state index contributed by atoms with van der Waals surface area (Å²) in [5, 5.41) is 13.8. The maximum Gasteiger partial charge on any atom is 0.271 e. The van der Waals surface area contributed by atoms with E-state index < -0.39 is 33.4 Å². The highest BCUT2D eigenvalue weighted by molar-refractivity contribution is 7.92. The number of nitrogens with zero attached hydrogens (tertiary/aromatic N) is 3. The highest BCUT2D eigenvalue weighted by atomic mass is 32.2. The van der Waals surface area contributed by atoms with Gasteiger partial charge in [0.05, 0.1) is 16.9 Å². The van der Waals surface area contributed by atoms with Crippen LogP contribution < -0.4 is 9.62 Å². The molecule has 0 aliphatic carbocycles. The molecule has 10 nitrogen and oxygen atoms in total. The molecule has 34 heavy (non-hydrogen) atoms. The van der Waals surface area contributed by atoms with Crippen LogP contribution in [0.1, 0.15) is 30.0 Å². The van der Waals surface area contributed by atoms with Crippen LogP contribution in [0, 0.1) is 24.0 Å². The number of sulfonamides is 1. The number of anilines is 1. The summed E-state index contributed by atoms with van der Waals surface area (Å²) in [7, 11) is -2.52. The number of carbonyl (C=O) groups is 2. The summed E-state index contributed by atoms with van der Waals surface area (Å²) in [6.07, 6.45) is 1.24. The molecule has 0 bridgehead atoms. The number of nitrogens with one attached hydrogen (secondary N) is 1. The Bertz CT molecular complexity index is 1180. The van der Waals surface area contributed by atoms with Crippen molar-refractivity contribution in [3.63, 3.8) is 0 Å². The predicted molar refractivity (Wildman–Crippen MR) is 130 cm³/mol. The molecule has 1 N–H and O–H groups in total. The zero-order chi connectivity index (χ0) is 25.6. The highest BCUT2D eigenvalue weighted by Crippen LogP contribution is 2.28. The molecule has 0 aromatic heterocycles. The van der Waals surface area contributed by atoms with E-state index in [1.165, 1.54) is 24.1 Å². The summed E-state index contributed by atoms with van der Waals surface area (Å²) in [6, 6.07) is 10.4. The van der Waals surface area contributed by atoms with Crippen molar-refractivity contribution < 1.29 is 22.9 Å². The van der Waals surface area contributed by atoms with Gasteiger partial charge in [0.25, 0.3) is 5.69 Å². The molecule has 184 valence electrons. The second kappa shape index (κ2) is 11.1. The van der Waals surface area contributed by atoms with Gasteiger partial charge in [0.15, 0.2) is 0 Å². The van der Waals surface area contributed by atoms with E-state index in [9.17, 15) is 28.1 Å². The molecular weight excluding hydrogens is 460 g/mol. The van der Waals surface area contributed by atoms with Crippen molar-refractivity contribution in [2.45, 2.75) is 39.8 Å². The molecule has 11 heteroatoms. The molecular formula is C23H30N4O6S. The third kappa shape index (κ3) is 6.31. The number of hydrogen-bond acceptors (Lipinski definition) is 6. The smallest absolute Gasteiger partial charge is 0.271 e. The van der Waals surface area contributed by atoms with Crippen molar-refractivity contribution in [3.8, 4) is 0 Å². The Kier molecular flexibility index (Phi) is 8.74. The van der Waals surface area contributed by atoms with Crippen molar-refractivity contribution in [2.24, 2.45) is 0 Å². The number of amides is 2. The van der Waals surface area contributed by atoms with E-state index in [2.05, 4.69) is 5.32 Å². The first kappa shape index (κ1) is 26.8. The molecule has 0 saturated carbocycles. The van der Waals surface area contributed by atoms with Crippen LogP contribution in [-0.4, -0.2) is 55.9 Å². The van der Waals surface area contributed by atoms with Crippen LogP contribution in [0.2, 0.25) is 0 Å². The molecule has 2 amide bonds. The first-order chi connectivity index (χ1) is 15.9. The second-order valence-corrected chi connectivity index (χ2v) is 9.89. The molecule has 2 rings (SSSR count). The maximum atomic E-state index is 13.5. The zero-order valence-electron chi connectivity index (χ0n) is 19.9. The Morgan fingerprint density at radius 3 is 2.29 bits per heavy atom. The van der Waals surface area contributed by atoms with Crippen molar-refractivity contribution in [1.29, 1.82) is 0 Å². The fraction of sp³-hybridized carbons (Fsp3) is 0.391. The molecule has 0 radical (unpaired) electrons. The van der Waals surface area contributed by atoms with E-state index in [1.54, 1.807) is 13.8 Å². The number of likely N-dealkylation sites (N-methyl/N-ethyl adjacent to an activating group) is 1. The van der Waals surface area contributed by atoms with Crippen molar-refractivity contribution in [2.75, 3.05) is 24.2 Å². The van der Waals surface area contributed by atoms with E-state index >= 15 is 0 Å². The molecule has 0 aliphatic heterocycles. The normalized spacial score (nSPS) is 12.0. The molecule has 0 aliphatic rings. The largest absolute Gasteiger partial charge is 0.357 e. The molecule has 2 aromatic rings. The van der Waals surface area contributed by atoms with Crippen LogP contribution >= 0.6 is 0 Å². The first-order valence-electron chi connectivity index (χ1n) is 10.7. The van der Waals surface area contributed by atoms with Crippen LogP contribution in [0.4, 0.5) is 11.4 Å². The van der Waals surface area contributed by atoms with Gasteiger partial charge in [-0.1, -0.05) is 37.3 Å². The summed E-state index contributed by atoms with van der Waals surface area (Å²) in [6.45, 7) is 4.74. The summed E-state index contributed by atoms with van der Waals surface area (Å²) < 4.78 is 26.2. The number of carbonyl (C=O) groups excluding carboxylic acids is 2. The Hall–Kier alpha value is -3.47. The highest BCUT2D eigenvalue weighted by Gasteiger charge is 2.32. The van der Waals surface area contributed by atoms with Crippen molar-refractivity contribution in [3.05, 3.63) is 69.3 Å². The number of hydrogen-bond donors (Lipinski definition) is 1. The fourth-order valence-corrected chi connectivity index (χ4v) is 4.53. The summed E-state index contributed by atoms with van der Waals surface area (Å²) in [5.74, 6) is -0.975. The van der Waals surface area contributed by atoms with Gasteiger partial charge < -0.3 is 10.2 Å². The Balaban J connectivity index is 2.53. The molecule has 0 spiro atoms. The SMILES string of the molecule is CCC(C(=O)NC)N(Cc1ccccc1C)C(=O)CN(c1cc([N+](=O)[O-])ccc1C)S(C)(=O)=O. The minimum atomic E-state index is -3.99. The zero-order valence-corrected chi connectivity index (χ0v) is 20.8. The van der Waals surface area contributed by atoms with E-state index in [-0.39, 0.29) is 23.8 Å². The molecule has 1 unspecified atom stereocenters.